The van der Waals surface area contributed by atoms with Gasteiger partial charge < -0.3 is 9.30 Å². The van der Waals surface area contributed by atoms with E-state index in [1.54, 1.807) is 20.2 Å². The van der Waals surface area contributed by atoms with E-state index >= 15 is 0 Å². The minimum Gasteiger partial charge on any atom is -0.501 e. The Morgan fingerprint density at radius 3 is 2.94 bits per heavy atom. The van der Waals surface area contributed by atoms with Gasteiger partial charge in [-0.3, -0.25) is 4.99 Å². The largest absolute Gasteiger partial charge is 0.501 e. The molecule has 1 fully saturated rings. The molecule has 0 aliphatic heterocycles. The predicted octanol–water partition coefficient (Wildman–Crippen LogP) is 4.35. The highest BCUT2D eigenvalue weighted by Crippen LogP contribution is 2.47. The van der Waals surface area contributed by atoms with Gasteiger partial charge in [-0.15, -0.1) is 11.4 Å². The molecule has 1 aliphatic rings. The summed E-state index contributed by atoms with van der Waals surface area (Å²) in [5.74, 6) is 8.71. The van der Waals surface area contributed by atoms with Crippen LogP contribution in [0.15, 0.2) is 41.4 Å². The number of allylic oxidation sites excluding steroid dienone is 1. The Bertz CT molecular complexity index is 1020. The van der Waals surface area contributed by atoms with Gasteiger partial charge in [-0.05, 0) is 49.3 Å². The zero-order chi connectivity index (χ0) is 22.5. The number of fused-ring (bicyclic) bond motifs is 1. The van der Waals surface area contributed by atoms with Crippen molar-refractivity contribution in [2.75, 3.05) is 14.2 Å². The summed E-state index contributed by atoms with van der Waals surface area (Å²) < 4.78 is 7.70. The van der Waals surface area contributed by atoms with Crippen molar-refractivity contribution in [2.45, 2.75) is 51.2 Å². The first kappa shape index (κ1) is 23.3. The number of aliphatic imine (C=N–C) groups is 1. The summed E-state index contributed by atoms with van der Waals surface area (Å²) in [6.07, 6.45) is 13.1. The first-order valence-electron chi connectivity index (χ1n) is 10.2. The van der Waals surface area contributed by atoms with Crippen molar-refractivity contribution in [3.8, 4) is 12.3 Å². The molecule has 3 rings (SSSR count). The number of ether oxygens (including phenoxy) is 1. The molecule has 1 aromatic heterocycles. The minimum absolute atomic E-state index is 0.0853. The van der Waals surface area contributed by atoms with Crippen LogP contribution in [0.1, 0.15) is 44.6 Å². The van der Waals surface area contributed by atoms with Crippen LogP contribution in [0.25, 0.3) is 11.0 Å². The molecule has 166 valence electrons. The van der Waals surface area contributed by atoms with Gasteiger partial charge >= 0.3 is 0 Å². The lowest BCUT2D eigenvalue weighted by Crippen LogP contribution is -2.45. The molecule has 2 atom stereocenters. The highest BCUT2D eigenvalue weighted by atomic mass is 35.5. The van der Waals surface area contributed by atoms with Crippen LogP contribution in [0.4, 0.5) is 0 Å². The van der Waals surface area contributed by atoms with Crippen LogP contribution in [0.3, 0.4) is 0 Å². The van der Waals surface area contributed by atoms with Gasteiger partial charge in [0.25, 0.3) is 0 Å². The summed E-state index contributed by atoms with van der Waals surface area (Å²) in [6, 6.07) is 5.86. The molecular formula is C23H29ClN4O3. The maximum Gasteiger partial charge on any atom is 0.126 e. The number of nitrogens with zero attached hydrogens (tertiary/aromatic N) is 3. The molecule has 7 nitrogen and oxygen atoms in total. The van der Waals surface area contributed by atoms with E-state index in [9.17, 15) is 0 Å². The summed E-state index contributed by atoms with van der Waals surface area (Å²) in [5.41, 5.74) is 2.05. The van der Waals surface area contributed by atoms with Gasteiger partial charge in [0.05, 0.1) is 24.5 Å². The SMILES string of the molecule is C#Cc1ccc2ncn(CC3(C)CCCC(C/C(=C\C(Cl)=N/C)OC)(OON)C3)c2c1. The number of halogens is 1. The van der Waals surface area contributed by atoms with Gasteiger partial charge in [-0.25, -0.2) is 9.87 Å². The molecule has 0 amide bonds. The summed E-state index contributed by atoms with van der Waals surface area (Å²) in [5, 5.41) is 0.355. The molecule has 0 bridgehead atoms. The van der Waals surface area contributed by atoms with E-state index in [2.05, 4.69) is 27.4 Å². The molecule has 2 N–H and O–H groups in total. The number of hydrogen-bond donors (Lipinski definition) is 1. The van der Waals surface area contributed by atoms with Gasteiger partial charge in [0.1, 0.15) is 16.5 Å². The number of methoxy groups -OCH3 is 1. The van der Waals surface area contributed by atoms with E-state index < -0.39 is 5.60 Å². The Morgan fingerprint density at radius 2 is 2.26 bits per heavy atom. The standard InChI is InChI=1S/C23H29ClN4O3/c1-5-17-7-8-19-20(11-17)28(16-27-19)15-22(2)9-6-10-23(14-22,30-31-25)13-18(29-4)12-21(24)26-3/h1,7-8,11-12,16H,6,9-10,13-15,25H2,2-4H3/b18-12+,26-21+. The monoisotopic (exact) mass is 444 g/mol. The lowest BCUT2D eigenvalue weighted by molar-refractivity contribution is -0.378. The van der Waals surface area contributed by atoms with Crippen molar-refractivity contribution in [1.29, 1.82) is 0 Å². The Morgan fingerprint density at radius 1 is 1.45 bits per heavy atom. The quantitative estimate of drug-likeness (QED) is 0.215. The first-order chi connectivity index (χ1) is 14.9. The number of rotatable bonds is 8. The Hall–Kier alpha value is -2.37. The zero-order valence-electron chi connectivity index (χ0n) is 18.2. The second-order valence-corrected chi connectivity index (χ2v) is 8.85. The lowest BCUT2D eigenvalue weighted by atomic mass is 9.67. The van der Waals surface area contributed by atoms with Crippen LogP contribution >= 0.6 is 11.6 Å². The normalized spacial score (nSPS) is 24.9. The maximum atomic E-state index is 6.08. The Balaban J connectivity index is 1.88. The fourth-order valence-electron chi connectivity index (χ4n) is 4.66. The summed E-state index contributed by atoms with van der Waals surface area (Å²) in [4.78, 5) is 18.9. The van der Waals surface area contributed by atoms with E-state index in [0.717, 1.165) is 42.4 Å². The van der Waals surface area contributed by atoms with Crippen molar-refractivity contribution >= 4 is 27.8 Å². The third-order valence-electron chi connectivity index (χ3n) is 5.98. The van der Waals surface area contributed by atoms with Gasteiger partial charge in [-0.2, -0.15) is 5.90 Å². The van der Waals surface area contributed by atoms with E-state index in [0.29, 0.717) is 23.8 Å². The van der Waals surface area contributed by atoms with Crippen LogP contribution in [0, 0.1) is 17.8 Å². The molecule has 1 aliphatic carbocycles. The molecular weight excluding hydrogens is 416 g/mol. The Kier molecular flexibility index (Phi) is 7.39. The highest BCUT2D eigenvalue weighted by molar-refractivity contribution is 6.68. The van der Waals surface area contributed by atoms with Gasteiger partial charge in [0, 0.05) is 31.7 Å². The molecule has 0 spiro atoms. The minimum atomic E-state index is -0.644. The third-order valence-corrected chi connectivity index (χ3v) is 6.26. The van der Waals surface area contributed by atoms with Crippen LogP contribution < -0.4 is 5.90 Å². The molecule has 1 aromatic carbocycles. The summed E-state index contributed by atoms with van der Waals surface area (Å²) in [7, 11) is 3.23. The molecule has 2 aromatic rings. The zero-order valence-corrected chi connectivity index (χ0v) is 19.0. The number of imidazole rings is 1. The smallest absolute Gasteiger partial charge is 0.126 e. The van der Waals surface area contributed by atoms with Crippen molar-refractivity contribution in [3.63, 3.8) is 0 Å². The van der Waals surface area contributed by atoms with Crippen LogP contribution in [0.2, 0.25) is 0 Å². The van der Waals surface area contributed by atoms with Gasteiger partial charge in [0.15, 0.2) is 0 Å². The summed E-state index contributed by atoms with van der Waals surface area (Å²) in [6.45, 7) is 3.00. The molecule has 1 heterocycles. The van der Waals surface area contributed by atoms with Crippen LogP contribution in [0.5, 0.6) is 0 Å². The van der Waals surface area contributed by atoms with Gasteiger partial charge in [-0.1, -0.05) is 24.4 Å². The molecule has 31 heavy (non-hydrogen) atoms. The number of aromatic nitrogens is 2. The average molecular weight is 445 g/mol. The highest BCUT2D eigenvalue weighted by Gasteiger charge is 2.45. The molecule has 0 radical (unpaired) electrons. The van der Waals surface area contributed by atoms with Crippen molar-refractivity contribution < 1.29 is 14.6 Å². The van der Waals surface area contributed by atoms with Crippen molar-refractivity contribution in [2.24, 2.45) is 16.3 Å². The average Bonchev–Trinajstić information content (AvgIpc) is 3.14. The third kappa shape index (κ3) is 5.46. The van der Waals surface area contributed by atoms with E-state index in [1.807, 2.05) is 24.5 Å². The van der Waals surface area contributed by atoms with E-state index in [-0.39, 0.29) is 5.41 Å². The van der Waals surface area contributed by atoms with E-state index in [1.165, 1.54) is 0 Å². The number of benzene rings is 1. The van der Waals surface area contributed by atoms with Crippen LogP contribution in [-0.2, 0) is 21.2 Å². The lowest BCUT2D eigenvalue weighted by Gasteiger charge is -2.45. The summed E-state index contributed by atoms with van der Waals surface area (Å²) >= 11 is 6.08. The second-order valence-electron chi connectivity index (χ2n) is 8.46. The fraction of sp³-hybridized carbons (Fsp3) is 0.478. The second kappa shape index (κ2) is 9.84. The first-order valence-corrected chi connectivity index (χ1v) is 10.6. The van der Waals surface area contributed by atoms with Crippen molar-refractivity contribution in [3.05, 3.63) is 41.9 Å². The number of terminal acetylenes is 1. The molecule has 1 saturated carbocycles. The predicted molar refractivity (Wildman–Crippen MR) is 122 cm³/mol. The molecule has 8 heteroatoms. The number of nitrogens with two attached hydrogens (primary N) is 1. The Labute approximate surface area is 188 Å². The van der Waals surface area contributed by atoms with Gasteiger partial charge in [0.2, 0.25) is 0 Å². The van der Waals surface area contributed by atoms with E-state index in [4.69, 9.17) is 38.5 Å². The van der Waals surface area contributed by atoms with Crippen LogP contribution in [-0.4, -0.2) is 34.5 Å². The topological polar surface area (TPSA) is 83.9 Å². The fourth-order valence-corrected chi connectivity index (χ4v) is 4.78. The molecule has 2 unspecified atom stereocenters. The number of hydrogen-bond acceptors (Lipinski definition) is 6. The molecule has 0 saturated heterocycles. The van der Waals surface area contributed by atoms with Crippen molar-refractivity contribution in [1.82, 2.24) is 9.55 Å². The maximum absolute atomic E-state index is 6.08.